The highest BCUT2D eigenvalue weighted by Gasteiger charge is 2.16. The van der Waals surface area contributed by atoms with Crippen LogP contribution < -0.4 is 4.90 Å². The summed E-state index contributed by atoms with van der Waals surface area (Å²) in [4.78, 5) is 2.30. The Bertz CT molecular complexity index is 2900. The van der Waals surface area contributed by atoms with Crippen LogP contribution in [0, 0.1) is 0 Å². The average Bonchev–Trinajstić information content (AvgIpc) is 3.27. The average molecular weight is 700 g/mol. The lowest BCUT2D eigenvalue weighted by atomic mass is 9.87. The van der Waals surface area contributed by atoms with Crippen molar-refractivity contribution in [1.29, 1.82) is 0 Å². The van der Waals surface area contributed by atoms with Crippen molar-refractivity contribution in [3.63, 3.8) is 0 Å². The fourth-order valence-corrected chi connectivity index (χ4v) is 8.11. The van der Waals surface area contributed by atoms with Crippen molar-refractivity contribution in [2.45, 2.75) is 0 Å². The first-order chi connectivity index (χ1) is 27.3. The van der Waals surface area contributed by atoms with Crippen molar-refractivity contribution in [3.8, 4) is 44.5 Å². The van der Waals surface area contributed by atoms with Crippen molar-refractivity contribution in [3.05, 3.63) is 224 Å². The van der Waals surface area contributed by atoms with Crippen LogP contribution in [0.25, 0.3) is 76.8 Å². The highest BCUT2D eigenvalue weighted by Crippen LogP contribution is 2.42. The van der Waals surface area contributed by atoms with Crippen LogP contribution in [0.1, 0.15) is 0 Å². The van der Waals surface area contributed by atoms with Crippen LogP contribution in [0.15, 0.2) is 224 Å². The Morgan fingerprint density at radius 2 is 0.655 bits per heavy atom. The summed E-state index contributed by atoms with van der Waals surface area (Å²) in [5.41, 5.74) is 13.1. The molecule has 0 heterocycles. The molecule has 258 valence electrons. The van der Waals surface area contributed by atoms with Gasteiger partial charge in [0.05, 0.1) is 0 Å². The number of hydrogen-bond donors (Lipinski definition) is 0. The van der Waals surface area contributed by atoms with Crippen LogP contribution >= 0.6 is 0 Å². The summed E-state index contributed by atoms with van der Waals surface area (Å²) < 4.78 is 0. The van der Waals surface area contributed by atoms with E-state index in [1.165, 1.54) is 76.8 Å². The SMILES string of the molecule is c1ccc(-c2cc3ccccc3cc2-c2ccc3c(c2)c(-c2ccccc2)cc2cc(-c4ccc(N(c5ccccc5)c5ccccc5)cc4)ccc23)cc1. The lowest BCUT2D eigenvalue weighted by Gasteiger charge is -2.25. The predicted octanol–water partition coefficient (Wildman–Crippen LogP) is 15.3. The van der Waals surface area contributed by atoms with Gasteiger partial charge in [-0.15, -0.1) is 0 Å². The Labute approximate surface area is 322 Å². The standard InChI is InChI=1S/C54H37N/c1-5-15-39(16-6-1)51-34-41-19-13-14-20-42(41)35-53(51)44-28-32-50-49-31-27-43(33-45(49)37-52(54(50)36-44)40-17-7-2-8-18-40)38-25-29-48(30-26-38)55(46-21-9-3-10-22-46)47-23-11-4-12-24-47/h1-37H. The summed E-state index contributed by atoms with van der Waals surface area (Å²) in [6, 6.07) is 81.4. The topological polar surface area (TPSA) is 3.24 Å². The van der Waals surface area contributed by atoms with E-state index in [-0.39, 0.29) is 0 Å². The minimum Gasteiger partial charge on any atom is -0.311 e. The first kappa shape index (κ1) is 32.4. The molecule has 10 rings (SSSR count). The van der Waals surface area contributed by atoms with Gasteiger partial charge in [0, 0.05) is 17.1 Å². The van der Waals surface area contributed by atoms with Gasteiger partial charge >= 0.3 is 0 Å². The van der Waals surface area contributed by atoms with Crippen molar-refractivity contribution in [2.24, 2.45) is 0 Å². The predicted molar refractivity (Wildman–Crippen MR) is 235 cm³/mol. The Morgan fingerprint density at radius 3 is 1.25 bits per heavy atom. The van der Waals surface area contributed by atoms with Crippen molar-refractivity contribution in [2.75, 3.05) is 4.90 Å². The largest absolute Gasteiger partial charge is 0.311 e. The number of para-hydroxylation sites is 2. The number of anilines is 3. The molecule has 0 saturated carbocycles. The number of rotatable bonds is 7. The molecule has 0 radical (unpaired) electrons. The second-order valence-corrected chi connectivity index (χ2v) is 14.2. The van der Waals surface area contributed by atoms with E-state index in [2.05, 4.69) is 229 Å². The molecule has 0 N–H and O–H groups in total. The first-order valence-corrected chi connectivity index (χ1v) is 18.9. The van der Waals surface area contributed by atoms with Gasteiger partial charge in [0.25, 0.3) is 0 Å². The minimum atomic E-state index is 1.12. The van der Waals surface area contributed by atoms with E-state index >= 15 is 0 Å². The number of hydrogen-bond acceptors (Lipinski definition) is 1. The third-order valence-corrected chi connectivity index (χ3v) is 10.8. The fraction of sp³-hybridized carbons (Fsp3) is 0. The molecule has 0 bridgehead atoms. The molecular weight excluding hydrogens is 663 g/mol. The maximum absolute atomic E-state index is 2.41. The maximum Gasteiger partial charge on any atom is 0.0462 e. The molecular formula is C54H37N. The summed E-state index contributed by atoms with van der Waals surface area (Å²) in [6.45, 7) is 0. The molecule has 10 aromatic rings. The number of benzene rings is 10. The van der Waals surface area contributed by atoms with Gasteiger partial charge < -0.3 is 4.90 Å². The summed E-state index contributed by atoms with van der Waals surface area (Å²) >= 11 is 0. The molecule has 0 aromatic heterocycles. The Morgan fingerprint density at radius 1 is 0.218 bits per heavy atom. The van der Waals surface area contributed by atoms with Crippen molar-refractivity contribution >= 4 is 49.4 Å². The van der Waals surface area contributed by atoms with Crippen LogP contribution in [0.5, 0.6) is 0 Å². The zero-order valence-corrected chi connectivity index (χ0v) is 30.3. The van der Waals surface area contributed by atoms with E-state index in [1.54, 1.807) is 0 Å². The zero-order chi connectivity index (χ0) is 36.6. The fourth-order valence-electron chi connectivity index (χ4n) is 8.11. The molecule has 1 heteroatoms. The first-order valence-electron chi connectivity index (χ1n) is 18.9. The Balaban J connectivity index is 1.10. The van der Waals surface area contributed by atoms with Gasteiger partial charge in [-0.3, -0.25) is 0 Å². The normalized spacial score (nSPS) is 11.3. The van der Waals surface area contributed by atoms with Gasteiger partial charge in [-0.2, -0.15) is 0 Å². The second-order valence-electron chi connectivity index (χ2n) is 14.2. The molecule has 10 aromatic carbocycles. The molecule has 55 heavy (non-hydrogen) atoms. The molecule has 0 fully saturated rings. The second kappa shape index (κ2) is 14.0. The molecule has 0 unspecified atom stereocenters. The van der Waals surface area contributed by atoms with Crippen molar-refractivity contribution in [1.82, 2.24) is 0 Å². The molecule has 1 nitrogen and oxygen atoms in total. The van der Waals surface area contributed by atoms with Crippen LogP contribution in [0.4, 0.5) is 17.1 Å². The zero-order valence-electron chi connectivity index (χ0n) is 30.3. The molecule has 0 aliphatic carbocycles. The lowest BCUT2D eigenvalue weighted by molar-refractivity contribution is 1.28. The summed E-state index contributed by atoms with van der Waals surface area (Å²) in [5, 5.41) is 7.48. The van der Waals surface area contributed by atoms with Crippen molar-refractivity contribution < 1.29 is 0 Å². The molecule has 0 amide bonds. The number of fused-ring (bicyclic) bond motifs is 4. The Kier molecular flexibility index (Phi) is 8.24. The maximum atomic E-state index is 2.41. The van der Waals surface area contributed by atoms with E-state index in [0.29, 0.717) is 0 Å². The summed E-state index contributed by atoms with van der Waals surface area (Å²) in [5.74, 6) is 0. The molecule has 0 aliphatic rings. The van der Waals surface area contributed by atoms with Gasteiger partial charge in [0.1, 0.15) is 0 Å². The smallest absolute Gasteiger partial charge is 0.0462 e. The quantitative estimate of drug-likeness (QED) is 0.150. The Hall–Kier alpha value is -7.22. The highest BCUT2D eigenvalue weighted by atomic mass is 15.1. The van der Waals surface area contributed by atoms with E-state index in [1.807, 2.05) is 0 Å². The molecule has 0 saturated heterocycles. The molecule has 0 spiro atoms. The van der Waals surface area contributed by atoms with Gasteiger partial charge in [-0.05, 0) is 144 Å². The molecule has 0 aliphatic heterocycles. The van der Waals surface area contributed by atoms with Gasteiger partial charge in [0.2, 0.25) is 0 Å². The van der Waals surface area contributed by atoms with Crippen LogP contribution in [0.3, 0.4) is 0 Å². The van der Waals surface area contributed by atoms with E-state index in [0.717, 1.165) is 17.1 Å². The van der Waals surface area contributed by atoms with Crippen LogP contribution in [-0.4, -0.2) is 0 Å². The van der Waals surface area contributed by atoms with Gasteiger partial charge in [-0.25, -0.2) is 0 Å². The minimum absolute atomic E-state index is 1.12. The third-order valence-electron chi connectivity index (χ3n) is 10.8. The highest BCUT2D eigenvalue weighted by molar-refractivity contribution is 6.15. The molecule has 0 atom stereocenters. The van der Waals surface area contributed by atoms with Gasteiger partial charge in [-0.1, -0.05) is 158 Å². The summed E-state index contributed by atoms with van der Waals surface area (Å²) in [7, 11) is 0. The third kappa shape index (κ3) is 6.12. The van der Waals surface area contributed by atoms with E-state index in [4.69, 9.17) is 0 Å². The number of nitrogens with zero attached hydrogens (tertiary/aromatic N) is 1. The van der Waals surface area contributed by atoms with Crippen LogP contribution in [0.2, 0.25) is 0 Å². The van der Waals surface area contributed by atoms with Crippen LogP contribution in [-0.2, 0) is 0 Å². The summed E-state index contributed by atoms with van der Waals surface area (Å²) in [6.07, 6.45) is 0. The van der Waals surface area contributed by atoms with E-state index in [9.17, 15) is 0 Å². The lowest BCUT2D eigenvalue weighted by Crippen LogP contribution is -2.09. The van der Waals surface area contributed by atoms with E-state index < -0.39 is 0 Å². The van der Waals surface area contributed by atoms with Gasteiger partial charge in [0.15, 0.2) is 0 Å². The monoisotopic (exact) mass is 699 g/mol.